The zero-order chi connectivity index (χ0) is 12.3. The Balaban J connectivity index is 1.98. The molecule has 2 fully saturated rings. The van der Waals surface area contributed by atoms with E-state index in [1.54, 1.807) is 0 Å². The van der Waals surface area contributed by atoms with E-state index in [2.05, 4.69) is 17.1 Å². The third-order valence-corrected chi connectivity index (χ3v) is 4.35. The lowest BCUT2D eigenvalue weighted by Crippen LogP contribution is -2.60. The number of rotatable bonds is 4. The van der Waals surface area contributed by atoms with E-state index in [1.807, 2.05) is 7.05 Å². The molecule has 17 heavy (non-hydrogen) atoms. The number of morpholine rings is 1. The topological polar surface area (TPSA) is 44.7 Å². The third-order valence-electron chi connectivity index (χ3n) is 4.35. The van der Waals surface area contributed by atoms with Gasteiger partial charge in [0.05, 0.1) is 24.9 Å². The van der Waals surface area contributed by atoms with Crippen LogP contribution < -0.4 is 5.32 Å². The maximum atomic E-state index is 9.49. The molecule has 1 saturated carbocycles. The van der Waals surface area contributed by atoms with E-state index < -0.39 is 0 Å². The van der Waals surface area contributed by atoms with Crippen LogP contribution in [-0.2, 0) is 4.74 Å². The van der Waals surface area contributed by atoms with E-state index in [0.717, 1.165) is 19.7 Å². The van der Waals surface area contributed by atoms with Crippen LogP contribution in [0.5, 0.6) is 0 Å². The Hall–Kier alpha value is -0.160. The van der Waals surface area contributed by atoms with Crippen LogP contribution in [0.25, 0.3) is 0 Å². The minimum atomic E-state index is -0.195. The average Bonchev–Trinajstić information content (AvgIpc) is 2.39. The lowest BCUT2D eigenvalue weighted by molar-refractivity contribution is -0.0960. The van der Waals surface area contributed by atoms with Gasteiger partial charge in [-0.15, -0.1) is 0 Å². The number of ether oxygens (including phenoxy) is 1. The van der Waals surface area contributed by atoms with Gasteiger partial charge in [-0.2, -0.15) is 0 Å². The van der Waals surface area contributed by atoms with Gasteiger partial charge in [-0.3, -0.25) is 4.90 Å². The van der Waals surface area contributed by atoms with Crippen molar-refractivity contribution in [2.24, 2.45) is 0 Å². The van der Waals surface area contributed by atoms with Crippen LogP contribution in [0, 0.1) is 0 Å². The summed E-state index contributed by atoms with van der Waals surface area (Å²) in [4.78, 5) is 2.51. The van der Waals surface area contributed by atoms with E-state index in [4.69, 9.17) is 4.74 Å². The molecule has 0 amide bonds. The van der Waals surface area contributed by atoms with E-state index in [9.17, 15) is 5.11 Å². The molecule has 0 radical (unpaired) electrons. The number of nitrogens with zero attached hydrogens (tertiary/aromatic N) is 1. The van der Waals surface area contributed by atoms with E-state index in [0.29, 0.717) is 12.1 Å². The monoisotopic (exact) mass is 242 g/mol. The second-order valence-electron chi connectivity index (χ2n) is 5.70. The second-order valence-corrected chi connectivity index (χ2v) is 5.70. The number of likely N-dealkylation sites (N-methyl/N-ethyl adjacent to an activating group) is 1. The number of fused-ring (bicyclic) bond motifs is 1. The van der Waals surface area contributed by atoms with Crippen molar-refractivity contribution in [3.63, 3.8) is 0 Å². The van der Waals surface area contributed by atoms with Gasteiger partial charge in [0.15, 0.2) is 0 Å². The molecule has 0 aromatic carbocycles. The molecule has 100 valence electrons. The molecule has 0 bridgehead atoms. The molecule has 0 aromatic heterocycles. The van der Waals surface area contributed by atoms with Crippen LogP contribution in [0.2, 0.25) is 0 Å². The van der Waals surface area contributed by atoms with Gasteiger partial charge in [0.1, 0.15) is 0 Å². The number of hydrogen-bond acceptors (Lipinski definition) is 4. The molecule has 1 aliphatic heterocycles. The van der Waals surface area contributed by atoms with Crippen LogP contribution in [0.1, 0.15) is 32.6 Å². The highest BCUT2D eigenvalue weighted by molar-refractivity contribution is 4.93. The summed E-state index contributed by atoms with van der Waals surface area (Å²) in [5.41, 5.74) is -0.195. The minimum absolute atomic E-state index is 0.179. The normalized spacial score (nSPS) is 34.1. The standard InChI is InChI=1S/C13H26N2O2/c1-13(10-16,14-2)9-15-7-8-17-12-6-4-3-5-11(12)15/h11-12,14,16H,3-10H2,1-2H3. The summed E-state index contributed by atoms with van der Waals surface area (Å²) in [6.45, 7) is 5.01. The number of nitrogens with one attached hydrogen (secondary N) is 1. The van der Waals surface area contributed by atoms with Crippen molar-refractivity contribution >= 4 is 0 Å². The Morgan fingerprint density at radius 2 is 2.18 bits per heavy atom. The summed E-state index contributed by atoms with van der Waals surface area (Å²) < 4.78 is 5.87. The van der Waals surface area contributed by atoms with Gasteiger partial charge in [-0.25, -0.2) is 0 Å². The molecule has 2 N–H and O–H groups in total. The van der Waals surface area contributed by atoms with Gasteiger partial charge in [0.25, 0.3) is 0 Å². The molecular formula is C13H26N2O2. The van der Waals surface area contributed by atoms with Crippen molar-refractivity contribution in [1.82, 2.24) is 10.2 Å². The van der Waals surface area contributed by atoms with Gasteiger partial charge < -0.3 is 15.2 Å². The van der Waals surface area contributed by atoms with Crippen molar-refractivity contribution in [1.29, 1.82) is 0 Å². The number of aliphatic hydroxyl groups excluding tert-OH is 1. The average molecular weight is 242 g/mol. The fourth-order valence-electron chi connectivity index (χ4n) is 3.03. The molecule has 1 saturated heterocycles. The summed E-state index contributed by atoms with van der Waals surface area (Å²) in [6.07, 6.45) is 5.50. The molecule has 2 aliphatic rings. The molecular weight excluding hydrogens is 216 g/mol. The van der Waals surface area contributed by atoms with Crippen molar-refractivity contribution in [2.75, 3.05) is 33.4 Å². The highest BCUT2D eigenvalue weighted by Crippen LogP contribution is 2.29. The van der Waals surface area contributed by atoms with Crippen LogP contribution in [0.4, 0.5) is 0 Å². The maximum absolute atomic E-state index is 9.49. The van der Waals surface area contributed by atoms with Gasteiger partial charge in [0, 0.05) is 19.1 Å². The summed E-state index contributed by atoms with van der Waals surface area (Å²) in [7, 11) is 1.93. The van der Waals surface area contributed by atoms with Gasteiger partial charge >= 0.3 is 0 Å². The van der Waals surface area contributed by atoms with Gasteiger partial charge in [-0.1, -0.05) is 12.8 Å². The van der Waals surface area contributed by atoms with Crippen LogP contribution in [-0.4, -0.2) is 61.0 Å². The molecule has 1 aliphatic carbocycles. The summed E-state index contributed by atoms with van der Waals surface area (Å²) in [5.74, 6) is 0. The van der Waals surface area contributed by atoms with Gasteiger partial charge in [0.2, 0.25) is 0 Å². The largest absolute Gasteiger partial charge is 0.394 e. The molecule has 4 nitrogen and oxygen atoms in total. The molecule has 0 spiro atoms. The lowest BCUT2D eigenvalue weighted by Gasteiger charge is -2.46. The molecule has 4 heteroatoms. The Morgan fingerprint density at radius 3 is 2.88 bits per heavy atom. The summed E-state index contributed by atoms with van der Waals surface area (Å²) >= 11 is 0. The maximum Gasteiger partial charge on any atom is 0.0730 e. The lowest BCUT2D eigenvalue weighted by atomic mass is 9.89. The highest BCUT2D eigenvalue weighted by atomic mass is 16.5. The zero-order valence-electron chi connectivity index (χ0n) is 11.1. The van der Waals surface area contributed by atoms with Crippen molar-refractivity contribution < 1.29 is 9.84 Å². The Kier molecular flexibility index (Phi) is 4.42. The van der Waals surface area contributed by atoms with Crippen molar-refractivity contribution in [3.8, 4) is 0 Å². The fourth-order valence-corrected chi connectivity index (χ4v) is 3.03. The molecule has 0 aromatic rings. The third kappa shape index (κ3) is 2.99. The molecule has 3 atom stereocenters. The SMILES string of the molecule is CNC(C)(CO)CN1CCOC2CCCCC21. The van der Waals surface area contributed by atoms with Crippen LogP contribution in [0.15, 0.2) is 0 Å². The first-order valence-corrected chi connectivity index (χ1v) is 6.84. The first-order valence-electron chi connectivity index (χ1n) is 6.84. The minimum Gasteiger partial charge on any atom is -0.394 e. The fraction of sp³-hybridized carbons (Fsp3) is 1.00. The number of aliphatic hydroxyl groups is 1. The summed E-state index contributed by atoms with van der Waals surface area (Å²) in [5, 5.41) is 12.7. The summed E-state index contributed by atoms with van der Waals surface area (Å²) in [6, 6.07) is 0.566. The first kappa shape index (κ1) is 13.3. The molecule has 2 rings (SSSR count). The van der Waals surface area contributed by atoms with E-state index in [1.165, 1.54) is 25.7 Å². The van der Waals surface area contributed by atoms with E-state index in [-0.39, 0.29) is 12.1 Å². The Labute approximate surface area is 104 Å². The van der Waals surface area contributed by atoms with Gasteiger partial charge in [-0.05, 0) is 26.8 Å². The van der Waals surface area contributed by atoms with Crippen molar-refractivity contribution in [2.45, 2.75) is 50.3 Å². The Morgan fingerprint density at radius 1 is 1.41 bits per heavy atom. The second kappa shape index (κ2) is 5.65. The predicted octanol–water partition coefficient (Wildman–Crippen LogP) is 0.600. The van der Waals surface area contributed by atoms with Crippen LogP contribution >= 0.6 is 0 Å². The quantitative estimate of drug-likeness (QED) is 0.758. The molecule has 1 heterocycles. The van der Waals surface area contributed by atoms with Crippen molar-refractivity contribution in [3.05, 3.63) is 0 Å². The Bertz CT molecular complexity index is 242. The smallest absolute Gasteiger partial charge is 0.0730 e. The van der Waals surface area contributed by atoms with Crippen LogP contribution in [0.3, 0.4) is 0 Å². The number of hydrogen-bond donors (Lipinski definition) is 2. The molecule has 3 unspecified atom stereocenters. The zero-order valence-corrected chi connectivity index (χ0v) is 11.1. The first-order chi connectivity index (χ1) is 8.18. The highest BCUT2D eigenvalue weighted by Gasteiger charge is 2.37. The van der Waals surface area contributed by atoms with E-state index >= 15 is 0 Å². The predicted molar refractivity (Wildman–Crippen MR) is 68.1 cm³/mol.